The number of likely N-dealkylation sites (tertiary alicyclic amines) is 1. The van der Waals surface area contributed by atoms with Crippen LogP contribution in [0.4, 0.5) is 5.82 Å². The molecular weight excluding hydrogens is 524 g/mol. The van der Waals surface area contributed by atoms with Crippen molar-refractivity contribution in [1.29, 1.82) is 0 Å². The van der Waals surface area contributed by atoms with Crippen molar-refractivity contribution in [2.45, 2.75) is 58.4 Å². The first-order chi connectivity index (χ1) is 19.9. The quantitative estimate of drug-likeness (QED) is 0.305. The number of carbonyl (C=O) groups is 2. The zero-order valence-electron chi connectivity index (χ0n) is 23.6. The number of amides is 2. The number of β-amino-alcohol motifs (C(OH)–C–C–N with tert-alkyl or cyclic N) is 1. The van der Waals surface area contributed by atoms with Gasteiger partial charge in [0.05, 0.1) is 18.3 Å². The second-order valence-corrected chi connectivity index (χ2v) is 10.8. The van der Waals surface area contributed by atoms with Crippen molar-refractivity contribution in [3.8, 4) is 5.75 Å². The zero-order chi connectivity index (χ0) is 28.8. The summed E-state index contributed by atoms with van der Waals surface area (Å²) in [5.74, 6) is 2.02. The first-order valence-corrected chi connectivity index (χ1v) is 14.2. The van der Waals surface area contributed by atoms with Crippen molar-refractivity contribution in [1.82, 2.24) is 25.1 Å². The second kappa shape index (κ2) is 13.1. The number of hydrogen-bond donors (Lipinski definition) is 3. The number of carbonyl (C=O) groups excluding carboxylic acids is 2. The molecule has 2 aliphatic rings. The smallest absolute Gasteiger partial charge is 0.251 e. The number of anilines is 1. The minimum absolute atomic E-state index is 0.125. The first-order valence-electron chi connectivity index (χ1n) is 14.2. The van der Waals surface area contributed by atoms with Gasteiger partial charge in [0.15, 0.2) is 12.2 Å². The van der Waals surface area contributed by atoms with E-state index in [0.29, 0.717) is 49.8 Å². The molecule has 2 aromatic heterocycles. The molecule has 1 fully saturated rings. The molecule has 11 nitrogen and oxygen atoms in total. The van der Waals surface area contributed by atoms with E-state index in [0.717, 1.165) is 37.2 Å². The van der Waals surface area contributed by atoms with Gasteiger partial charge in [0, 0.05) is 57.4 Å². The minimum Gasteiger partial charge on any atom is -0.485 e. The van der Waals surface area contributed by atoms with E-state index in [1.807, 2.05) is 17.9 Å². The van der Waals surface area contributed by atoms with Crippen molar-refractivity contribution in [2.24, 2.45) is 0 Å². The van der Waals surface area contributed by atoms with Crippen molar-refractivity contribution in [3.05, 3.63) is 71.1 Å². The second-order valence-electron chi connectivity index (χ2n) is 10.8. The number of ether oxygens (including phenoxy) is 1. The first kappa shape index (κ1) is 28.6. The van der Waals surface area contributed by atoms with Gasteiger partial charge in [-0.05, 0) is 54.7 Å². The molecule has 1 aromatic carbocycles. The summed E-state index contributed by atoms with van der Waals surface area (Å²) in [4.78, 5) is 37.0. The Kier molecular flexibility index (Phi) is 9.15. The van der Waals surface area contributed by atoms with E-state index in [1.54, 1.807) is 24.5 Å². The minimum atomic E-state index is -0.702. The SMILES string of the molecule is CCCC(=O)N1CC(Nc2cc(C(=O)NC[C@H](O)CN3CCc4c(ccc(OCc5cnco5)c4C)C3)ccn2)C1. The number of hydrogen-bond acceptors (Lipinski definition) is 9. The lowest BCUT2D eigenvalue weighted by Gasteiger charge is -2.39. The monoisotopic (exact) mass is 562 g/mol. The molecule has 1 saturated heterocycles. The molecule has 0 spiro atoms. The van der Waals surface area contributed by atoms with Gasteiger partial charge < -0.3 is 29.8 Å². The molecule has 0 radical (unpaired) electrons. The lowest BCUT2D eigenvalue weighted by Crippen LogP contribution is -2.57. The van der Waals surface area contributed by atoms with Crippen LogP contribution < -0.4 is 15.4 Å². The number of pyridine rings is 1. The normalized spacial score (nSPS) is 16.0. The Morgan fingerprint density at radius 2 is 2.12 bits per heavy atom. The Balaban J connectivity index is 1.06. The number of benzene rings is 1. The predicted molar refractivity (Wildman–Crippen MR) is 152 cm³/mol. The average Bonchev–Trinajstić information content (AvgIpc) is 3.47. The van der Waals surface area contributed by atoms with Crippen LogP contribution in [0.1, 0.15) is 52.6 Å². The van der Waals surface area contributed by atoms with Crippen molar-refractivity contribution in [2.75, 3.05) is 38.0 Å². The van der Waals surface area contributed by atoms with Crippen LogP contribution in [0.25, 0.3) is 0 Å². The third kappa shape index (κ3) is 7.22. The molecule has 3 aromatic rings. The van der Waals surface area contributed by atoms with Gasteiger partial charge in [-0.3, -0.25) is 14.5 Å². The molecule has 0 saturated carbocycles. The van der Waals surface area contributed by atoms with E-state index in [4.69, 9.17) is 9.15 Å². The fraction of sp³-hybridized carbons (Fsp3) is 0.467. The summed E-state index contributed by atoms with van der Waals surface area (Å²) < 4.78 is 11.2. The third-order valence-corrected chi connectivity index (χ3v) is 7.61. The van der Waals surface area contributed by atoms with Gasteiger partial charge >= 0.3 is 0 Å². The van der Waals surface area contributed by atoms with Gasteiger partial charge in [0.2, 0.25) is 5.91 Å². The van der Waals surface area contributed by atoms with Crippen LogP contribution in [0, 0.1) is 6.92 Å². The molecule has 1 atom stereocenters. The van der Waals surface area contributed by atoms with Crippen LogP contribution in [0.3, 0.4) is 0 Å². The highest BCUT2D eigenvalue weighted by molar-refractivity contribution is 5.94. The van der Waals surface area contributed by atoms with Gasteiger partial charge in [-0.15, -0.1) is 0 Å². The Hall–Kier alpha value is -3.96. The number of aliphatic hydroxyl groups excluding tert-OH is 1. The topological polar surface area (TPSA) is 133 Å². The number of aliphatic hydroxyl groups is 1. The van der Waals surface area contributed by atoms with E-state index >= 15 is 0 Å². The molecule has 3 N–H and O–H groups in total. The molecule has 5 rings (SSSR count). The standard InChI is InChI=1S/C30H38N6O5/c1-3-4-29(38)36-15-23(16-36)34-28-11-21(7-9-32-28)30(39)33-12-24(37)17-35-10-8-26-20(2)27(6-5-22(26)14-35)40-18-25-13-31-19-41-25/h5-7,9,11,13,19,23-24,37H,3-4,8,10,12,14-18H2,1-2H3,(H,32,34)(H,33,39)/t24-/m0/s1. The maximum absolute atomic E-state index is 12.8. The molecule has 218 valence electrons. The summed E-state index contributed by atoms with van der Waals surface area (Å²) in [7, 11) is 0. The van der Waals surface area contributed by atoms with Crippen LogP contribution >= 0.6 is 0 Å². The summed E-state index contributed by atoms with van der Waals surface area (Å²) in [5, 5.41) is 16.8. The lowest BCUT2D eigenvalue weighted by atomic mass is 9.94. The molecule has 4 heterocycles. The van der Waals surface area contributed by atoms with Crippen LogP contribution in [0.15, 0.2) is 47.5 Å². The molecule has 0 aliphatic carbocycles. The van der Waals surface area contributed by atoms with E-state index in [1.165, 1.54) is 17.5 Å². The largest absolute Gasteiger partial charge is 0.485 e. The highest BCUT2D eigenvalue weighted by Crippen LogP contribution is 2.30. The maximum Gasteiger partial charge on any atom is 0.251 e. The highest BCUT2D eigenvalue weighted by Gasteiger charge is 2.30. The molecule has 2 aliphatic heterocycles. The van der Waals surface area contributed by atoms with Gasteiger partial charge in [0.1, 0.15) is 18.2 Å². The molecule has 0 bridgehead atoms. The highest BCUT2D eigenvalue weighted by atomic mass is 16.5. The summed E-state index contributed by atoms with van der Waals surface area (Å²) >= 11 is 0. The summed E-state index contributed by atoms with van der Waals surface area (Å²) in [6.07, 6.45) is 6.20. The van der Waals surface area contributed by atoms with Crippen LogP contribution in [-0.2, 0) is 24.4 Å². The summed E-state index contributed by atoms with van der Waals surface area (Å²) in [6.45, 7) is 7.84. The number of nitrogens with one attached hydrogen (secondary N) is 2. The van der Waals surface area contributed by atoms with Crippen LogP contribution in [-0.4, -0.2) is 81.6 Å². The van der Waals surface area contributed by atoms with Gasteiger partial charge in [-0.25, -0.2) is 9.97 Å². The van der Waals surface area contributed by atoms with Gasteiger partial charge in [-0.1, -0.05) is 13.0 Å². The van der Waals surface area contributed by atoms with Gasteiger partial charge in [0.25, 0.3) is 5.91 Å². The zero-order valence-corrected chi connectivity index (χ0v) is 23.6. The Morgan fingerprint density at radius 1 is 1.27 bits per heavy atom. The summed E-state index contributed by atoms with van der Waals surface area (Å²) in [5.41, 5.74) is 4.10. The maximum atomic E-state index is 12.8. The molecular formula is C30H38N6O5. The van der Waals surface area contributed by atoms with E-state index in [2.05, 4.69) is 38.5 Å². The fourth-order valence-electron chi connectivity index (χ4n) is 5.33. The van der Waals surface area contributed by atoms with E-state index in [9.17, 15) is 14.7 Å². The van der Waals surface area contributed by atoms with Crippen LogP contribution in [0.5, 0.6) is 5.75 Å². The fourth-order valence-corrected chi connectivity index (χ4v) is 5.33. The number of aromatic nitrogens is 2. The summed E-state index contributed by atoms with van der Waals surface area (Å²) in [6, 6.07) is 7.54. The van der Waals surface area contributed by atoms with Crippen molar-refractivity contribution in [3.63, 3.8) is 0 Å². The molecule has 0 unspecified atom stereocenters. The number of oxazole rings is 1. The average molecular weight is 563 g/mol. The molecule has 11 heteroatoms. The predicted octanol–water partition coefficient (Wildman–Crippen LogP) is 2.53. The van der Waals surface area contributed by atoms with E-state index in [-0.39, 0.29) is 24.4 Å². The van der Waals surface area contributed by atoms with E-state index < -0.39 is 6.10 Å². The number of fused-ring (bicyclic) bond motifs is 1. The van der Waals surface area contributed by atoms with Crippen molar-refractivity contribution < 1.29 is 23.8 Å². The number of rotatable bonds is 12. The Bertz CT molecular complexity index is 1340. The Labute approximate surface area is 239 Å². The molecule has 41 heavy (non-hydrogen) atoms. The van der Waals surface area contributed by atoms with Crippen LogP contribution in [0.2, 0.25) is 0 Å². The molecule has 2 amide bonds. The lowest BCUT2D eigenvalue weighted by molar-refractivity contribution is -0.135. The third-order valence-electron chi connectivity index (χ3n) is 7.61. The Morgan fingerprint density at radius 3 is 2.90 bits per heavy atom. The van der Waals surface area contributed by atoms with Gasteiger partial charge in [-0.2, -0.15) is 0 Å². The van der Waals surface area contributed by atoms with Crippen molar-refractivity contribution >= 4 is 17.6 Å². The number of nitrogens with zero attached hydrogens (tertiary/aromatic N) is 4.